The first kappa shape index (κ1) is 21.2. The van der Waals surface area contributed by atoms with Crippen LogP contribution in [0.1, 0.15) is 11.1 Å². The molecule has 0 saturated carbocycles. The van der Waals surface area contributed by atoms with Gasteiger partial charge in [-0.15, -0.1) is 11.3 Å². The molecule has 0 atom stereocenters. The second kappa shape index (κ2) is 8.88. The predicted molar refractivity (Wildman–Crippen MR) is 113 cm³/mol. The van der Waals surface area contributed by atoms with Gasteiger partial charge >= 0.3 is 7.82 Å². The van der Waals surface area contributed by atoms with Crippen LogP contribution in [0, 0.1) is 0 Å². The number of benzene rings is 2. The van der Waals surface area contributed by atoms with E-state index in [4.69, 9.17) is 28.5 Å². The molecule has 0 aliphatic carbocycles. The molecule has 1 aromatic heterocycles. The average Bonchev–Trinajstić information content (AvgIpc) is 3.15. The lowest BCUT2D eigenvalue weighted by Crippen LogP contribution is -1.95. The lowest BCUT2D eigenvalue weighted by atomic mass is 10.1. The number of rotatable bonds is 8. The molecule has 0 radical (unpaired) electrons. The molecule has 3 aromatic rings. The Hall–Kier alpha value is -2.51. The van der Waals surface area contributed by atoms with E-state index in [1.54, 1.807) is 33.5 Å². The van der Waals surface area contributed by atoms with E-state index in [1.807, 2.05) is 35.7 Å². The Bertz CT molecular complexity index is 1060. The number of phosphoric acid groups is 1. The van der Waals surface area contributed by atoms with Crippen molar-refractivity contribution in [3.8, 4) is 23.0 Å². The molecule has 29 heavy (non-hydrogen) atoms. The zero-order valence-corrected chi connectivity index (χ0v) is 17.8. The third-order valence-electron chi connectivity index (χ3n) is 4.16. The summed E-state index contributed by atoms with van der Waals surface area (Å²) in [5.74, 6) is 1.82. The SMILES string of the molecule is COc1cc(/C=C\Cc2cc(OP(=O)(O)O)c3ccsc3c2)cc(OC)c1OC. The summed E-state index contributed by atoms with van der Waals surface area (Å²) in [6.45, 7) is 0. The third-order valence-corrected chi connectivity index (χ3v) is 5.46. The molecule has 7 nitrogen and oxygen atoms in total. The van der Waals surface area contributed by atoms with Crippen molar-refractivity contribution in [2.75, 3.05) is 21.3 Å². The van der Waals surface area contributed by atoms with E-state index in [2.05, 4.69) is 0 Å². The van der Waals surface area contributed by atoms with Crippen LogP contribution in [0.3, 0.4) is 0 Å². The summed E-state index contributed by atoms with van der Waals surface area (Å²) in [5, 5.41) is 2.53. The largest absolute Gasteiger partial charge is 0.524 e. The van der Waals surface area contributed by atoms with Crippen molar-refractivity contribution in [3.05, 3.63) is 52.9 Å². The Morgan fingerprint density at radius 1 is 1.00 bits per heavy atom. The molecule has 0 amide bonds. The van der Waals surface area contributed by atoms with Gasteiger partial charge < -0.3 is 18.7 Å². The lowest BCUT2D eigenvalue weighted by Gasteiger charge is -2.13. The van der Waals surface area contributed by atoms with E-state index in [1.165, 1.54) is 11.3 Å². The highest BCUT2D eigenvalue weighted by Gasteiger charge is 2.18. The van der Waals surface area contributed by atoms with Gasteiger partial charge in [0.1, 0.15) is 5.75 Å². The maximum atomic E-state index is 11.3. The molecule has 2 aromatic carbocycles. The number of fused-ring (bicyclic) bond motifs is 1. The minimum atomic E-state index is -4.64. The first-order chi connectivity index (χ1) is 13.8. The van der Waals surface area contributed by atoms with Gasteiger partial charge in [0.05, 0.1) is 21.3 Å². The van der Waals surface area contributed by atoms with Crippen molar-refractivity contribution >= 4 is 35.3 Å². The molecule has 0 aliphatic heterocycles. The van der Waals surface area contributed by atoms with Crippen LogP contribution in [-0.2, 0) is 11.0 Å². The quantitative estimate of drug-likeness (QED) is 0.496. The number of ether oxygens (including phenoxy) is 3. The van der Waals surface area contributed by atoms with Crippen LogP contribution in [0.5, 0.6) is 23.0 Å². The highest BCUT2D eigenvalue weighted by molar-refractivity contribution is 7.46. The Morgan fingerprint density at radius 3 is 2.28 bits per heavy atom. The van der Waals surface area contributed by atoms with Crippen LogP contribution in [-0.4, -0.2) is 31.1 Å². The molecule has 154 valence electrons. The highest BCUT2D eigenvalue weighted by atomic mass is 32.1. The normalized spacial score (nSPS) is 11.8. The Kier molecular flexibility index (Phi) is 6.49. The zero-order valence-electron chi connectivity index (χ0n) is 16.1. The minimum absolute atomic E-state index is 0.174. The molecule has 0 saturated heterocycles. The van der Waals surface area contributed by atoms with Crippen molar-refractivity contribution in [2.45, 2.75) is 6.42 Å². The van der Waals surface area contributed by atoms with Gasteiger partial charge in [0.2, 0.25) is 5.75 Å². The van der Waals surface area contributed by atoms with Crippen molar-refractivity contribution in [3.63, 3.8) is 0 Å². The van der Waals surface area contributed by atoms with E-state index in [-0.39, 0.29) is 5.75 Å². The van der Waals surface area contributed by atoms with Gasteiger partial charge in [-0.1, -0.05) is 12.2 Å². The molecule has 0 spiro atoms. The molecule has 0 bridgehead atoms. The molecular formula is C20H21O7PS. The first-order valence-corrected chi connectivity index (χ1v) is 11.0. The molecule has 0 unspecified atom stereocenters. The second-order valence-corrected chi connectivity index (χ2v) is 8.18. The summed E-state index contributed by atoms with van der Waals surface area (Å²) < 4.78 is 33.1. The van der Waals surface area contributed by atoms with Crippen LogP contribution in [0.25, 0.3) is 16.2 Å². The van der Waals surface area contributed by atoms with Crippen molar-refractivity contribution in [2.24, 2.45) is 0 Å². The summed E-state index contributed by atoms with van der Waals surface area (Å²) in [5.41, 5.74) is 1.73. The maximum absolute atomic E-state index is 11.3. The van der Waals surface area contributed by atoms with Gasteiger partial charge in [0.15, 0.2) is 11.5 Å². The van der Waals surface area contributed by atoms with E-state index >= 15 is 0 Å². The zero-order chi connectivity index (χ0) is 21.0. The summed E-state index contributed by atoms with van der Waals surface area (Å²) in [4.78, 5) is 18.3. The van der Waals surface area contributed by atoms with Crippen LogP contribution < -0.4 is 18.7 Å². The Morgan fingerprint density at radius 2 is 1.69 bits per heavy atom. The van der Waals surface area contributed by atoms with Gasteiger partial charge in [-0.05, 0) is 53.3 Å². The number of phosphoric ester groups is 1. The van der Waals surface area contributed by atoms with E-state index in [0.29, 0.717) is 29.1 Å². The number of thiophene rings is 1. The summed E-state index contributed by atoms with van der Waals surface area (Å²) >= 11 is 1.48. The Balaban J connectivity index is 1.87. The van der Waals surface area contributed by atoms with Gasteiger partial charge in [-0.3, -0.25) is 9.79 Å². The number of methoxy groups -OCH3 is 3. The van der Waals surface area contributed by atoms with Crippen molar-refractivity contribution < 1.29 is 33.1 Å². The number of hydrogen-bond acceptors (Lipinski definition) is 6. The fourth-order valence-electron chi connectivity index (χ4n) is 2.94. The van der Waals surface area contributed by atoms with E-state index in [9.17, 15) is 4.57 Å². The minimum Gasteiger partial charge on any atom is -0.493 e. The summed E-state index contributed by atoms with van der Waals surface area (Å²) in [6.07, 6.45) is 4.39. The van der Waals surface area contributed by atoms with Crippen LogP contribution >= 0.6 is 19.2 Å². The topological polar surface area (TPSA) is 94.5 Å². The van der Waals surface area contributed by atoms with Gasteiger partial charge in [0, 0.05) is 10.1 Å². The fourth-order valence-corrected chi connectivity index (χ4v) is 4.22. The molecule has 0 fully saturated rings. The molecule has 0 aliphatic rings. The highest BCUT2D eigenvalue weighted by Crippen LogP contribution is 2.42. The molecular weight excluding hydrogens is 415 g/mol. The van der Waals surface area contributed by atoms with Crippen LogP contribution in [0.2, 0.25) is 0 Å². The van der Waals surface area contributed by atoms with E-state index in [0.717, 1.165) is 15.8 Å². The monoisotopic (exact) mass is 436 g/mol. The maximum Gasteiger partial charge on any atom is 0.524 e. The van der Waals surface area contributed by atoms with E-state index < -0.39 is 7.82 Å². The van der Waals surface area contributed by atoms with Crippen molar-refractivity contribution in [1.82, 2.24) is 0 Å². The number of allylic oxidation sites excluding steroid dienone is 1. The molecule has 1 heterocycles. The van der Waals surface area contributed by atoms with Crippen molar-refractivity contribution in [1.29, 1.82) is 0 Å². The van der Waals surface area contributed by atoms with Gasteiger partial charge in [0.25, 0.3) is 0 Å². The van der Waals surface area contributed by atoms with Crippen LogP contribution in [0.4, 0.5) is 0 Å². The first-order valence-electron chi connectivity index (χ1n) is 8.56. The summed E-state index contributed by atoms with van der Waals surface area (Å²) in [7, 11) is 0.0274. The second-order valence-electron chi connectivity index (χ2n) is 6.07. The average molecular weight is 436 g/mol. The molecule has 3 rings (SSSR count). The standard InChI is InChI=1S/C20H21O7PS/c1-24-17-10-13(11-18(25-2)20(17)26-3)5-4-6-14-9-16(27-28(21,22)23)15-7-8-29-19(15)12-14/h4-5,7-12H,6H2,1-3H3,(H2,21,22,23)/b5-4-. The third kappa shape index (κ3) is 5.10. The van der Waals surface area contributed by atoms with Gasteiger partial charge in [-0.25, -0.2) is 4.57 Å². The summed E-state index contributed by atoms with van der Waals surface area (Å²) in [6, 6.07) is 9.07. The molecule has 2 N–H and O–H groups in total. The van der Waals surface area contributed by atoms with Gasteiger partial charge in [-0.2, -0.15) is 0 Å². The van der Waals surface area contributed by atoms with Crippen LogP contribution in [0.15, 0.2) is 41.8 Å². The predicted octanol–water partition coefficient (Wildman–Crippen LogP) is 4.65. The fraction of sp³-hybridized carbons (Fsp3) is 0.200. The lowest BCUT2D eigenvalue weighted by molar-refractivity contribution is 0.284. The number of hydrogen-bond donors (Lipinski definition) is 2. The smallest absolute Gasteiger partial charge is 0.493 e. The Labute approximate surface area is 172 Å². The molecule has 9 heteroatoms.